The first-order chi connectivity index (χ1) is 13.0. The molecule has 1 fully saturated rings. The van der Waals surface area contributed by atoms with E-state index in [0.717, 1.165) is 5.75 Å². The van der Waals surface area contributed by atoms with Crippen LogP contribution >= 0.6 is 0 Å². The van der Waals surface area contributed by atoms with E-state index in [1.165, 1.54) is 0 Å². The minimum Gasteiger partial charge on any atom is -0.494 e. The van der Waals surface area contributed by atoms with Crippen molar-refractivity contribution >= 4 is 23.5 Å². The molecule has 0 spiro atoms. The molecule has 3 N–H and O–H groups in total. The lowest BCUT2D eigenvalue weighted by Gasteiger charge is -2.26. The monoisotopic (exact) mass is 367 g/mol. The summed E-state index contributed by atoms with van der Waals surface area (Å²) in [5, 5.41) is 7.73. The van der Waals surface area contributed by atoms with E-state index < -0.39 is 17.5 Å². The SMILES string of the molecule is CCOc1ccc(NC(=O)CCC2(c3ccccc3)NC(=O)NC2=O)cc1. The lowest BCUT2D eigenvalue weighted by molar-refractivity contribution is -0.125. The molecule has 27 heavy (non-hydrogen) atoms. The Kier molecular flexibility index (Phi) is 5.40. The van der Waals surface area contributed by atoms with E-state index in [1.54, 1.807) is 48.5 Å². The molecule has 7 nitrogen and oxygen atoms in total. The molecule has 0 aliphatic carbocycles. The Morgan fingerprint density at radius 2 is 1.78 bits per heavy atom. The van der Waals surface area contributed by atoms with E-state index in [-0.39, 0.29) is 18.7 Å². The maximum Gasteiger partial charge on any atom is 0.322 e. The Labute approximate surface area is 157 Å². The molecule has 1 atom stereocenters. The van der Waals surface area contributed by atoms with Crippen molar-refractivity contribution in [3.63, 3.8) is 0 Å². The van der Waals surface area contributed by atoms with Crippen LogP contribution in [0.4, 0.5) is 10.5 Å². The van der Waals surface area contributed by atoms with Gasteiger partial charge in [-0.25, -0.2) is 4.79 Å². The largest absolute Gasteiger partial charge is 0.494 e. The topological polar surface area (TPSA) is 96.5 Å². The Bertz CT molecular complexity index is 836. The Hall–Kier alpha value is -3.35. The van der Waals surface area contributed by atoms with Gasteiger partial charge in [-0.3, -0.25) is 14.9 Å². The highest BCUT2D eigenvalue weighted by molar-refractivity contribution is 6.07. The summed E-state index contributed by atoms with van der Waals surface area (Å²) in [5.74, 6) is 0.0276. The van der Waals surface area contributed by atoms with Crippen molar-refractivity contribution in [3.8, 4) is 5.75 Å². The van der Waals surface area contributed by atoms with E-state index in [4.69, 9.17) is 4.74 Å². The second-order valence-corrected chi connectivity index (χ2v) is 6.19. The Morgan fingerprint density at radius 3 is 2.37 bits per heavy atom. The highest BCUT2D eigenvalue weighted by atomic mass is 16.5. The van der Waals surface area contributed by atoms with Crippen LogP contribution in [0.5, 0.6) is 5.75 Å². The zero-order valence-corrected chi connectivity index (χ0v) is 15.0. The van der Waals surface area contributed by atoms with Crippen LogP contribution in [-0.2, 0) is 15.1 Å². The molecule has 1 aliphatic heterocycles. The molecule has 4 amide bonds. The fourth-order valence-corrected chi connectivity index (χ4v) is 3.06. The third-order valence-electron chi connectivity index (χ3n) is 4.38. The molecule has 2 aromatic carbocycles. The lowest BCUT2D eigenvalue weighted by Crippen LogP contribution is -2.44. The van der Waals surface area contributed by atoms with E-state index in [9.17, 15) is 14.4 Å². The third-order valence-corrected chi connectivity index (χ3v) is 4.38. The summed E-state index contributed by atoms with van der Waals surface area (Å²) in [5.41, 5.74) is 0.0356. The van der Waals surface area contributed by atoms with E-state index >= 15 is 0 Å². The minimum atomic E-state index is -1.24. The number of hydrogen-bond acceptors (Lipinski definition) is 4. The van der Waals surface area contributed by atoms with Gasteiger partial charge < -0.3 is 15.4 Å². The number of amides is 4. The van der Waals surface area contributed by atoms with Gasteiger partial charge >= 0.3 is 6.03 Å². The molecule has 1 aliphatic rings. The summed E-state index contributed by atoms with van der Waals surface area (Å²) < 4.78 is 5.37. The average molecular weight is 367 g/mol. The number of nitrogens with one attached hydrogen (secondary N) is 3. The molecule has 0 bridgehead atoms. The van der Waals surface area contributed by atoms with Crippen LogP contribution in [0.25, 0.3) is 0 Å². The van der Waals surface area contributed by atoms with Crippen molar-refractivity contribution in [1.29, 1.82) is 0 Å². The molecule has 1 unspecified atom stereocenters. The second kappa shape index (κ2) is 7.90. The molecular formula is C20H21N3O4. The number of imide groups is 1. The Morgan fingerprint density at radius 1 is 1.07 bits per heavy atom. The quantitative estimate of drug-likeness (QED) is 0.655. The van der Waals surface area contributed by atoms with Crippen LogP contribution in [0.3, 0.4) is 0 Å². The fraction of sp³-hybridized carbons (Fsp3) is 0.250. The number of rotatable bonds is 7. The summed E-state index contributed by atoms with van der Waals surface area (Å²) >= 11 is 0. The molecule has 7 heteroatoms. The maximum absolute atomic E-state index is 12.4. The summed E-state index contributed by atoms with van der Waals surface area (Å²) in [6, 6.07) is 15.4. The highest BCUT2D eigenvalue weighted by Crippen LogP contribution is 2.30. The van der Waals surface area contributed by atoms with Crippen LogP contribution < -0.4 is 20.7 Å². The van der Waals surface area contributed by atoms with Crippen LogP contribution in [0.1, 0.15) is 25.3 Å². The second-order valence-electron chi connectivity index (χ2n) is 6.19. The van der Waals surface area contributed by atoms with Crippen LogP contribution in [-0.4, -0.2) is 24.5 Å². The van der Waals surface area contributed by atoms with Gasteiger partial charge in [0.2, 0.25) is 5.91 Å². The number of hydrogen-bond donors (Lipinski definition) is 3. The van der Waals surface area contributed by atoms with Gasteiger partial charge in [0.25, 0.3) is 5.91 Å². The number of anilines is 1. The normalized spacial score (nSPS) is 18.6. The highest BCUT2D eigenvalue weighted by Gasteiger charge is 2.47. The number of benzene rings is 2. The minimum absolute atomic E-state index is 0.0653. The summed E-state index contributed by atoms with van der Waals surface area (Å²) in [6.07, 6.45) is 0.216. The molecule has 2 aromatic rings. The van der Waals surface area contributed by atoms with Gasteiger partial charge in [-0.05, 0) is 43.2 Å². The number of carbonyl (C=O) groups is 3. The molecule has 0 saturated carbocycles. The zero-order valence-electron chi connectivity index (χ0n) is 15.0. The van der Waals surface area contributed by atoms with Crippen LogP contribution in [0.15, 0.2) is 54.6 Å². The molecule has 0 aromatic heterocycles. The zero-order chi connectivity index (χ0) is 19.3. The number of ether oxygens (including phenoxy) is 1. The van der Waals surface area contributed by atoms with Crippen LogP contribution in [0.2, 0.25) is 0 Å². The summed E-state index contributed by atoms with van der Waals surface area (Å²) in [6.45, 7) is 2.47. The summed E-state index contributed by atoms with van der Waals surface area (Å²) in [4.78, 5) is 36.5. The molecule has 1 saturated heterocycles. The van der Waals surface area contributed by atoms with Gasteiger partial charge in [0.05, 0.1) is 6.61 Å². The Balaban J connectivity index is 1.68. The predicted octanol–water partition coefficient (Wildman–Crippen LogP) is 2.54. The molecule has 140 valence electrons. The summed E-state index contributed by atoms with van der Waals surface area (Å²) in [7, 11) is 0. The van der Waals surface area contributed by atoms with Crippen molar-refractivity contribution in [1.82, 2.24) is 10.6 Å². The molecule has 0 radical (unpaired) electrons. The standard InChI is InChI=1S/C20H21N3O4/c1-2-27-16-10-8-15(9-11-16)21-17(24)12-13-20(14-6-4-3-5-7-14)18(25)22-19(26)23-20/h3-11H,2,12-13H2,1H3,(H,21,24)(H2,22,23,25,26). The van der Waals surface area contributed by atoms with Gasteiger partial charge in [0.1, 0.15) is 11.3 Å². The van der Waals surface area contributed by atoms with Crippen molar-refractivity contribution in [2.45, 2.75) is 25.3 Å². The number of carbonyl (C=O) groups excluding carboxylic acids is 3. The first-order valence-corrected chi connectivity index (χ1v) is 8.75. The van der Waals surface area contributed by atoms with Gasteiger partial charge in [0.15, 0.2) is 0 Å². The molecule has 3 rings (SSSR count). The first kappa shape index (κ1) is 18.4. The average Bonchev–Trinajstić information content (AvgIpc) is 2.97. The lowest BCUT2D eigenvalue weighted by atomic mass is 9.85. The van der Waals surface area contributed by atoms with Gasteiger partial charge in [-0.15, -0.1) is 0 Å². The predicted molar refractivity (Wildman–Crippen MR) is 100 cm³/mol. The van der Waals surface area contributed by atoms with Gasteiger partial charge in [-0.2, -0.15) is 0 Å². The fourth-order valence-electron chi connectivity index (χ4n) is 3.06. The van der Waals surface area contributed by atoms with Crippen molar-refractivity contribution in [2.24, 2.45) is 0 Å². The number of urea groups is 1. The first-order valence-electron chi connectivity index (χ1n) is 8.75. The third kappa shape index (κ3) is 4.08. The van der Waals surface area contributed by atoms with Crippen molar-refractivity contribution < 1.29 is 19.1 Å². The van der Waals surface area contributed by atoms with E-state index in [0.29, 0.717) is 17.9 Å². The van der Waals surface area contributed by atoms with E-state index in [2.05, 4.69) is 16.0 Å². The van der Waals surface area contributed by atoms with Crippen LogP contribution in [0, 0.1) is 0 Å². The molecule has 1 heterocycles. The smallest absolute Gasteiger partial charge is 0.322 e. The maximum atomic E-state index is 12.4. The van der Waals surface area contributed by atoms with E-state index in [1.807, 2.05) is 13.0 Å². The molecular weight excluding hydrogens is 346 g/mol. The van der Waals surface area contributed by atoms with Gasteiger partial charge in [-0.1, -0.05) is 30.3 Å². The van der Waals surface area contributed by atoms with Gasteiger partial charge in [0, 0.05) is 12.1 Å². The van der Waals surface area contributed by atoms with Crippen molar-refractivity contribution in [3.05, 3.63) is 60.2 Å². The van der Waals surface area contributed by atoms with Crippen molar-refractivity contribution in [2.75, 3.05) is 11.9 Å².